The number of carbonyl (C=O) groups excluding carboxylic acids is 1. The number of ether oxygens (including phenoxy) is 1. The fourth-order valence-corrected chi connectivity index (χ4v) is 6.79. The van der Waals surface area contributed by atoms with Gasteiger partial charge in [-0.1, -0.05) is 12.1 Å². The predicted molar refractivity (Wildman–Crippen MR) is 151 cm³/mol. The van der Waals surface area contributed by atoms with Crippen molar-refractivity contribution in [3.63, 3.8) is 0 Å². The summed E-state index contributed by atoms with van der Waals surface area (Å²) < 4.78 is 44.5. The van der Waals surface area contributed by atoms with Crippen molar-refractivity contribution in [2.24, 2.45) is 0 Å². The molecule has 1 fully saturated rings. The first-order valence-corrected chi connectivity index (χ1v) is 15.1. The lowest BCUT2D eigenvalue weighted by molar-refractivity contribution is 0.113. The van der Waals surface area contributed by atoms with Crippen LogP contribution in [0.4, 0.5) is 9.18 Å². The highest BCUT2D eigenvalue weighted by molar-refractivity contribution is 7.53. The number of halogens is 1. The van der Waals surface area contributed by atoms with Gasteiger partial charge in [0.15, 0.2) is 11.5 Å². The number of phenolic OH excluding ortho intramolecular Hbond substituents is 1. The van der Waals surface area contributed by atoms with Crippen molar-refractivity contribution < 1.29 is 37.7 Å². The molecule has 5 rings (SSSR count). The molecular formula is C28H32FN4O7P. The van der Waals surface area contributed by atoms with Crippen molar-refractivity contribution in [3.05, 3.63) is 60.2 Å². The van der Waals surface area contributed by atoms with Crippen LogP contribution in [0.25, 0.3) is 21.7 Å². The third-order valence-electron chi connectivity index (χ3n) is 6.92. The third-order valence-corrected chi connectivity index (χ3v) is 8.97. The van der Waals surface area contributed by atoms with E-state index < -0.39 is 13.7 Å². The molecule has 0 aliphatic carbocycles. The minimum Gasteiger partial charge on any atom is -0.505 e. The van der Waals surface area contributed by atoms with Crippen LogP contribution < -0.4 is 4.74 Å². The summed E-state index contributed by atoms with van der Waals surface area (Å²) in [5.41, 5.74) is 0.892. The molecule has 1 amide bonds. The molecule has 0 saturated carbocycles. The molecule has 0 bridgehead atoms. The van der Waals surface area contributed by atoms with E-state index in [2.05, 4.69) is 4.98 Å². The number of carbonyl (C=O) groups is 1. The SMILES string of the molecule is CCOP(=O)(CN1CCN(C(=O)Oc2c3cccnc3c(O)c3c(O)n(Cc4ccc(F)cc4)cc23)CC1)OCC. The smallest absolute Gasteiger partial charge is 0.415 e. The summed E-state index contributed by atoms with van der Waals surface area (Å²) in [5, 5.41) is 22.9. The molecule has 0 unspecified atom stereocenters. The monoisotopic (exact) mass is 586 g/mol. The summed E-state index contributed by atoms with van der Waals surface area (Å²) in [4.78, 5) is 21.1. The van der Waals surface area contributed by atoms with Crippen LogP contribution >= 0.6 is 7.60 Å². The van der Waals surface area contributed by atoms with Crippen molar-refractivity contribution in [3.8, 4) is 17.4 Å². The van der Waals surface area contributed by atoms with E-state index in [1.165, 1.54) is 22.9 Å². The lowest BCUT2D eigenvalue weighted by atomic mass is 10.1. The minimum atomic E-state index is -3.26. The zero-order valence-electron chi connectivity index (χ0n) is 22.8. The highest BCUT2D eigenvalue weighted by Gasteiger charge is 2.31. The second kappa shape index (κ2) is 12.0. The molecular weight excluding hydrogens is 554 g/mol. The van der Waals surface area contributed by atoms with Gasteiger partial charge in [0.25, 0.3) is 0 Å². The van der Waals surface area contributed by atoms with Gasteiger partial charge in [-0.2, -0.15) is 0 Å². The Hall–Kier alpha value is -3.70. The number of aromatic nitrogens is 2. The van der Waals surface area contributed by atoms with Crippen molar-refractivity contribution in [2.75, 3.05) is 45.7 Å². The van der Waals surface area contributed by atoms with E-state index in [-0.39, 0.29) is 60.1 Å². The lowest BCUT2D eigenvalue weighted by Gasteiger charge is -2.35. The van der Waals surface area contributed by atoms with Crippen LogP contribution in [-0.4, -0.2) is 81.3 Å². The molecule has 11 nitrogen and oxygen atoms in total. The molecule has 1 aliphatic rings. The number of fused-ring (bicyclic) bond motifs is 2. The number of aromatic hydroxyl groups is 2. The molecule has 0 radical (unpaired) electrons. The van der Waals surface area contributed by atoms with Gasteiger partial charge in [-0.25, -0.2) is 9.18 Å². The predicted octanol–water partition coefficient (Wildman–Crippen LogP) is 5.13. The summed E-state index contributed by atoms with van der Waals surface area (Å²) in [7, 11) is -3.26. The number of hydrogen-bond acceptors (Lipinski definition) is 9. The van der Waals surface area contributed by atoms with Crippen molar-refractivity contribution >= 4 is 35.4 Å². The van der Waals surface area contributed by atoms with E-state index >= 15 is 0 Å². The first-order valence-electron chi connectivity index (χ1n) is 13.4. The number of nitrogens with zero attached hydrogens (tertiary/aromatic N) is 4. The molecule has 13 heteroatoms. The second-order valence-corrected chi connectivity index (χ2v) is 11.7. The average Bonchev–Trinajstić information content (AvgIpc) is 3.28. The Kier molecular flexibility index (Phi) is 8.46. The van der Waals surface area contributed by atoms with E-state index in [4.69, 9.17) is 13.8 Å². The van der Waals surface area contributed by atoms with Gasteiger partial charge in [-0.05, 0) is 43.7 Å². The maximum absolute atomic E-state index is 13.4. The zero-order chi connectivity index (χ0) is 29.1. The van der Waals surface area contributed by atoms with Gasteiger partial charge in [-0.3, -0.25) is 14.4 Å². The summed E-state index contributed by atoms with van der Waals surface area (Å²) in [6, 6.07) is 9.18. The third kappa shape index (κ3) is 6.01. The Morgan fingerprint density at radius 1 is 1.02 bits per heavy atom. The molecule has 0 spiro atoms. The van der Waals surface area contributed by atoms with Crippen LogP contribution in [0.2, 0.25) is 0 Å². The highest BCUT2D eigenvalue weighted by atomic mass is 31.2. The summed E-state index contributed by atoms with van der Waals surface area (Å²) in [5.74, 6) is -0.711. The molecule has 3 heterocycles. The van der Waals surface area contributed by atoms with E-state index in [1.807, 2.05) is 4.90 Å². The van der Waals surface area contributed by atoms with Gasteiger partial charge >= 0.3 is 13.7 Å². The van der Waals surface area contributed by atoms with Gasteiger partial charge in [0, 0.05) is 44.0 Å². The summed E-state index contributed by atoms with van der Waals surface area (Å²) >= 11 is 0. The molecule has 2 aromatic heterocycles. The van der Waals surface area contributed by atoms with Gasteiger partial charge < -0.3 is 33.5 Å². The summed E-state index contributed by atoms with van der Waals surface area (Å²) in [6.07, 6.45) is 2.60. The van der Waals surface area contributed by atoms with Gasteiger partial charge in [-0.15, -0.1) is 0 Å². The normalized spacial score (nSPS) is 14.7. The Morgan fingerprint density at radius 2 is 1.71 bits per heavy atom. The van der Waals surface area contributed by atoms with Crippen LogP contribution in [-0.2, 0) is 20.2 Å². The van der Waals surface area contributed by atoms with Crippen LogP contribution in [0.5, 0.6) is 17.4 Å². The van der Waals surface area contributed by atoms with Crippen LogP contribution in [0.3, 0.4) is 0 Å². The zero-order valence-corrected chi connectivity index (χ0v) is 23.7. The van der Waals surface area contributed by atoms with E-state index in [1.54, 1.807) is 49.2 Å². The number of piperazine rings is 1. The number of amides is 1. The minimum absolute atomic E-state index is 0.0912. The van der Waals surface area contributed by atoms with Crippen LogP contribution in [0, 0.1) is 5.82 Å². The first-order chi connectivity index (χ1) is 19.7. The number of pyridine rings is 1. The Balaban J connectivity index is 1.40. The molecule has 218 valence electrons. The average molecular weight is 587 g/mol. The fraction of sp³-hybridized carbons (Fsp3) is 0.357. The Morgan fingerprint density at radius 3 is 2.37 bits per heavy atom. The molecule has 0 atom stereocenters. The topological polar surface area (TPSA) is 127 Å². The lowest BCUT2D eigenvalue weighted by Crippen LogP contribution is -2.49. The molecule has 4 aromatic rings. The van der Waals surface area contributed by atoms with Crippen molar-refractivity contribution in [1.29, 1.82) is 0 Å². The van der Waals surface area contributed by atoms with E-state index in [9.17, 15) is 24.0 Å². The quantitative estimate of drug-likeness (QED) is 0.257. The van der Waals surface area contributed by atoms with Crippen LogP contribution in [0.15, 0.2) is 48.8 Å². The number of hydrogen-bond donors (Lipinski definition) is 2. The van der Waals surface area contributed by atoms with E-state index in [0.717, 1.165) is 5.56 Å². The molecule has 2 N–H and O–H groups in total. The number of rotatable bonds is 9. The molecule has 1 saturated heterocycles. The Bertz CT molecular complexity index is 1590. The largest absolute Gasteiger partial charge is 0.505 e. The Labute approximate surface area is 236 Å². The standard InChI is InChI=1S/C28H32FN4O7P/c1-3-38-41(37,39-4-2)18-31-12-14-32(15-13-31)28(36)40-26-21-6-5-11-30-24(21)25(34)23-22(26)17-33(27(23)35)16-19-7-9-20(29)10-8-19/h5-11,17,34-35H,3-4,12-16,18H2,1-2H3. The highest BCUT2D eigenvalue weighted by Crippen LogP contribution is 2.49. The van der Waals surface area contributed by atoms with E-state index in [0.29, 0.717) is 37.0 Å². The molecule has 41 heavy (non-hydrogen) atoms. The van der Waals surface area contributed by atoms with Gasteiger partial charge in [0.2, 0.25) is 5.88 Å². The fourth-order valence-electron chi connectivity index (χ4n) is 4.99. The van der Waals surface area contributed by atoms with Crippen molar-refractivity contribution in [1.82, 2.24) is 19.4 Å². The maximum Gasteiger partial charge on any atom is 0.415 e. The summed E-state index contributed by atoms with van der Waals surface area (Å²) in [6.45, 7) is 5.79. The van der Waals surface area contributed by atoms with Crippen molar-refractivity contribution in [2.45, 2.75) is 20.4 Å². The molecule has 2 aromatic carbocycles. The number of benzene rings is 2. The second-order valence-electron chi connectivity index (χ2n) is 9.63. The van der Waals surface area contributed by atoms with Gasteiger partial charge in [0.05, 0.1) is 30.5 Å². The first kappa shape index (κ1) is 28.8. The van der Waals surface area contributed by atoms with Gasteiger partial charge in [0.1, 0.15) is 17.6 Å². The maximum atomic E-state index is 13.4. The van der Waals surface area contributed by atoms with Crippen LogP contribution in [0.1, 0.15) is 19.4 Å². The molecule has 1 aliphatic heterocycles. The number of phenols is 1.